The van der Waals surface area contributed by atoms with Gasteiger partial charge in [0.05, 0.1) is 0 Å². The molecule has 0 aliphatic heterocycles. The molecule has 5 nitrogen and oxygen atoms in total. The lowest BCUT2D eigenvalue weighted by atomic mass is 10.1. The summed E-state index contributed by atoms with van der Waals surface area (Å²) in [6.45, 7) is 2.55. The highest BCUT2D eigenvalue weighted by Crippen LogP contribution is 1.99. The number of aromatic nitrogens is 2. The van der Waals surface area contributed by atoms with Crippen LogP contribution in [0.25, 0.3) is 0 Å². The van der Waals surface area contributed by atoms with E-state index in [1.807, 2.05) is 6.92 Å². The first-order valence-electron chi connectivity index (χ1n) is 5.54. The van der Waals surface area contributed by atoms with Gasteiger partial charge in [-0.2, -0.15) is 0 Å². The Bertz CT molecular complexity index is 445. The molecule has 16 heavy (non-hydrogen) atoms. The van der Waals surface area contributed by atoms with Gasteiger partial charge >= 0.3 is 11.1 Å². The number of unbranched alkanes of at least 4 members (excludes halogenated alkanes) is 1. The van der Waals surface area contributed by atoms with E-state index >= 15 is 0 Å². The summed E-state index contributed by atoms with van der Waals surface area (Å²) in [5.74, 6) is 0. The molecule has 0 saturated heterocycles. The molecule has 1 aromatic heterocycles. The molecular weight excluding hydrogens is 206 g/mol. The van der Waals surface area contributed by atoms with Crippen LogP contribution in [0.4, 0.5) is 0 Å². The van der Waals surface area contributed by atoms with Crippen molar-refractivity contribution in [3.05, 3.63) is 33.1 Å². The molecule has 2 N–H and O–H groups in total. The molecule has 0 fully saturated rings. The maximum absolute atomic E-state index is 11.5. The van der Waals surface area contributed by atoms with Gasteiger partial charge in [-0.1, -0.05) is 6.42 Å². The van der Waals surface area contributed by atoms with E-state index in [0.29, 0.717) is 6.54 Å². The molecule has 0 aliphatic rings. The van der Waals surface area contributed by atoms with Crippen LogP contribution >= 0.6 is 0 Å². The average molecular weight is 225 g/mol. The molecule has 0 saturated carbocycles. The molecule has 0 aromatic carbocycles. The second kappa shape index (κ2) is 5.65. The third-order valence-electron chi connectivity index (χ3n) is 2.54. The van der Waals surface area contributed by atoms with E-state index in [0.717, 1.165) is 19.3 Å². The molecule has 1 aromatic rings. The summed E-state index contributed by atoms with van der Waals surface area (Å²) in [7, 11) is 1.57. The van der Waals surface area contributed by atoms with Crippen LogP contribution in [0.15, 0.2) is 22.0 Å². The van der Waals surface area contributed by atoms with Gasteiger partial charge in [0.25, 0.3) is 0 Å². The van der Waals surface area contributed by atoms with E-state index in [-0.39, 0.29) is 6.04 Å². The zero-order valence-corrected chi connectivity index (χ0v) is 9.85. The molecule has 1 atom stereocenters. The lowest BCUT2D eigenvalue weighted by Gasteiger charge is -2.07. The van der Waals surface area contributed by atoms with Crippen molar-refractivity contribution in [2.45, 2.75) is 38.8 Å². The Labute approximate surface area is 94.5 Å². The summed E-state index contributed by atoms with van der Waals surface area (Å²) in [5.41, 5.74) is 4.69. The van der Waals surface area contributed by atoms with Crippen LogP contribution in [0.1, 0.15) is 26.2 Å². The van der Waals surface area contributed by atoms with E-state index in [4.69, 9.17) is 5.73 Å². The fraction of sp³-hybridized carbons (Fsp3) is 0.636. The average Bonchev–Trinajstić information content (AvgIpc) is 2.23. The SMILES string of the molecule is CC(N)CCCCn1ccn(C)c(=O)c1=O. The summed E-state index contributed by atoms with van der Waals surface area (Å²) < 4.78 is 2.75. The maximum atomic E-state index is 11.5. The van der Waals surface area contributed by atoms with Gasteiger partial charge < -0.3 is 14.9 Å². The van der Waals surface area contributed by atoms with Crippen LogP contribution in [0.3, 0.4) is 0 Å². The summed E-state index contributed by atoms with van der Waals surface area (Å²) in [6.07, 6.45) is 6.04. The number of aryl methyl sites for hydroxylation is 2. The Morgan fingerprint density at radius 3 is 2.56 bits per heavy atom. The molecule has 90 valence electrons. The minimum atomic E-state index is -0.477. The molecule has 0 bridgehead atoms. The van der Waals surface area contributed by atoms with E-state index in [2.05, 4.69) is 0 Å². The number of nitrogens with zero attached hydrogens (tertiary/aromatic N) is 2. The monoisotopic (exact) mass is 225 g/mol. The van der Waals surface area contributed by atoms with E-state index in [1.54, 1.807) is 19.4 Å². The maximum Gasteiger partial charge on any atom is 0.316 e. The molecule has 0 spiro atoms. The largest absolute Gasteiger partial charge is 0.328 e. The Morgan fingerprint density at radius 2 is 1.94 bits per heavy atom. The van der Waals surface area contributed by atoms with Crippen LogP contribution in [0, 0.1) is 0 Å². The molecule has 0 radical (unpaired) electrons. The first kappa shape index (κ1) is 12.7. The minimum Gasteiger partial charge on any atom is -0.328 e. The van der Waals surface area contributed by atoms with Crippen molar-refractivity contribution in [3.63, 3.8) is 0 Å². The highest BCUT2D eigenvalue weighted by molar-refractivity contribution is 4.84. The standard InChI is InChI=1S/C11H19N3O2/c1-9(12)5-3-4-6-14-8-7-13(2)10(15)11(14)16/h7-9H,3-6,12H2,1-2H3. The Hall–Kier alpha value is -1.36. The third-order valence-corrected chi connectivity index (χ3v) is 2.54. The predicted octanol–water partition coefficient (Wildman–Crippen LogP) is 0.0645. The highest BCUT2D eigenvalue weighted by atomic mass is 16.2. The van der Waals surface area contributed by atoms with Crippen LogP contribution in [-0.4, -0.2) is 15.2 Å². The third kappa shape index (κ3) is 3.34. The van der Waals surface area contributed by atoms with Gasteiger partial charge in [0, 0.05) is 32.0 Å². The molecule has 5 heteroatoms. The molecular formula is C11H19N3O2. The summed E-state index contributed by atoms with van der Waals surface area (Å²) in [4.78, 5) is 22.9. The normalized spacial score (nSPS) is 12.7. The summed E-state index contributed by atoms with van der Waals surface area (Å²) in [5, 5.41) is 0. The van der Waals surface area contributed by atoms with Crippen LogP contribution in [0.2, 0.25) is 0 Å². The van der Waals surface area contributed by atoms with Crippen molar-refractivity contribution in [3.8, 4) is 0 Å². The van der Waals surface area contributed by atoms with E-state index in [9.17, 15) is 9.59 Å². The fourth-order valence-corrected chi connectivity index (χ4v) is 1.51. The number of hydrogen-bond acceptors (Lipinski definition) is 3. The second-order valence-electron chi connectivity index (χ2n) is 4.19. The first-order valence-corrected chi connectivity index (χ1v) is 5.54. The van der Waals surface area contributed by atoms with Crippen LogP contribution in [-0.2, 0) is 13.6 Å². The van der Waals surface area contributed by atoms with Gasteiger partial charge in [0.1, 0.15) is 0 Å². The van der Waals surface area contributed by atoms with Crippen molar-refractivity contribution in [2.75, 3.05) is 0 Å². The van der Waals surface area contributed by atoms with Gasteiger partial charge in [-0.05, 0) is 19.8 Å². The van der Waals surface area contributed by atoms with Crippen LogP contribution < -0.4 is 16.9 Å². The summed E-state index contributed by atoms with van der Waals surface area (Å²) in [6, 6.07) is 0.195. The van der Waals surface area contributed by atoms with Crippen molar-refractivity contribution >= 4 is 0 Å². The Kier molecular flexibility index (Phi) is 4.49. The predicted molar refractivity (Wildman–Crippen MR) is 63.4 cm³/mol. The minimum absolute atomic E-state index is 0.195. The van der Waals surface area contributed by atoms with Gasteiger partial charge in [-0.25, -0.2) is 0 Å². The number of nitrogens with two attached hydrogens (primary N) is 1. The Balaban J connectivity index is 2.59. The second-order valence-corrected chi connectivity index (χ2v) is 4.19. The zero-order chi connectivity index (χ0) is 12.1. The van der Waals surface area contributed by atoms with Crippen LogP contribution in [0.5, 0.6) is 0 Å². The van der Waals surface area contributed by atoms with Gasteiger partial charge in [0.15, 0.2) is 0 Å². The summed E-state index contributed by atoms with van der Waals surface area (Å²) >= 11 is 0. The topological polar surface area (TPSA) is 70.0 Å². The van der Waals surface area contributed by atoms with Crippen molar-refractivity contribution in [1.82, 2.24) is 9.13 Å². The lowest BCUT2D eigenvalue weighted by molar-refractivity contribution is 0.534. The zero-order valence-electron chi connectivity index (χ0n) is 9.85. The number of rotatable bonds is 5. The molecule has 0 aliphatic carbocycles. The smallest absolute Gasteiger partial charge is 0.316 e. The van der Waals surface area contributed by atoms with Gasteiger partial charge in [0.2, 0.25) is 0 Å². The molecule has 1 rings (SSSR count). The molecule has 0 amide bonds. The quantitative estimate of drug-likeness (QED) is 0.569. The van der Waals surface area contributed by atoms with Crippen molar-refractivity contribution in [1.29, 1.82) is 0 Å². The molecule has 1 unspecified atom stereocenters. The van der Waals surface area contributed by atoms with Crippen molar-refractivity contribution < 1.29 is 0 Å². The van der Waals surface area contributed by atoms with Gasteiger partial charge in [-0.15, -0.1) is 0 Å². The Morgan fingerprint density at radius 1 is 1.25 bits per heavy atom. The fourth-order valence-electron chi connectivity index (χ4n) is 1.51. The lowest BCUT2D eigenvalue weighted by Crippen LogP contribution is -2.39. The number of hydrogen-bond donors (Lipinski definition) is 1. The molecule has 1 heterocycles. The van der Waals surface area contributed by atoms with E-state index in [1.165, 1.54) is 9.13 Å². The highest BCUT2D eigenvalue weighted by Gasteiger charge is 2.02. The van der Waals surface area contributed by atoms with Gasteiger partial charge in [-0.3, -0.25) is 9.59 Å². The first-order chi connectivity index (χ1) is 7.52. The van der Waals surface area contributed by atoms with Crippen molar-refractivity contribution in [2.24, 2.45) is 12.8 Å². The van der Waals surface area contributed by atoms with E-state index < -0.39 is 11.1 Å².